The van der Waals surface area contributed by atoms with Gasteiger partial charge < -0.3 is 4.74 Å². The molecule has 0 heterocycles. The summed E-state index contributed by atoms with van der Waals surface area (Å²) >= 11 is 0. The average Bonchev–Trinajstić information content (AvgIpc) is 2.80. The summed E-state index contributed by atoms with van der Waals surface area (Å²) in [5, 5.41) is 0. The first kappa shape index (κ1) is 22.7. The Morgan fingerprint density at radius 2 is 1.42 bits per heavy atom. The third-order valence-electron chi connectivity index (χ3n) is 5.41. The number of hydrogen-bond donors (Lipinski definition) is 0. The van der Waals surface area contributed by atoms with Gasteiger partial charge in [0.15, 0.2) is 11.6 Å². The van der Waals surface area contributed by atoms with Gasteiger partial charge in [0, 0.05) is 5.56 Å². The largest absolute Gasteiger partial charge is 0.490 e. The summed E-state index contributed by atoms with van der Waals surface area (Å²) in [6, 6.07) is 19.2. The normalized spacial score (nSPS) is 10.8. The van der Waals surface area contributed by atoms with Gasteiger partial charge in [0.05, 0.1) is 6.61 Å². The van der Waals surface area contributed by atoms with Crippen LogP contribution in [0.4, 0.5) is 8.78 Å². The van der Waals surface area contributed by atoms with E-state index in [1.165, 1.54) is 30.9 Å². The zero-order valence-corrected chi connectivity index (χ0v) is 18.2. The van der Waals surface area contributed by atoms with Crippen molar-refractivity contribution in [1.29, 1.82) is 0 Å². The van der Waals surface area contributed by atoms with Crippen LogP contribution in [-0.2, 0) is 6.42 Å². The maximum Gasteiger partial charge on any atom is 0.201 e. The first-order chi connectivity index (χ1) is 15.1. The predicted octanol–water partition coefficient (Wildman–Crippen LogP) is 8.38. The fraction of sp³-hybridized carbons (Fsp3) is 0.286. The fourth-order valence-electron chi connectivity index (χ4n) is 3.56. The van der Waals surface area contributed by atoms with Gasteiger partial charge >= 0.3 is 0 Å². The molecule has 3 heteroatoms. The van der Waals surface area contributed by atoms with Crippen molar-refractivity contribution in [2.45, 2.75) is 45.4 Å². The summed E-state index contributed by atoms with van der Waals surface area (Å²) < 4.78 is 34.4. The van der Waals surface area contributed by atoms with E-state index in [2.05, 4.69) is 37.8 Å². The highest BCUT2D eigenvalue weighted by Crippen LogP contribution is 2.31. The molecule has 0 unspecified atom stereocenters. The number of halogens is 2. The van der Waals surface area contributed by atoms with Crippen LogP contribution in [0, 0.1) is 11.6 Å². The molecule has 0 radical (unpaired) electrons. The van der Waals surface area contributed by atoms with Crippen molar-refractivity contribution >= 4 is 0 Å². The first-order valence-electron chi connectivity index (χ1n) is 11.1. The molecule has 1 nitrogen and oxygen atoms in total. The molecule has 0 saturated carbocycles. The molecule has 3 aromatic rings. The van der Waals surface area contributed by atoms with Crippen molar-refractivity contribution in [3.63, 3.8) is 0 Å². The van der Waals surface area contributed by atoms with Gasteiger partial charge in [-0.3, -0.25) is 0 Å². The Morgan fingerprint density at radius 1 is 0.774 bits per heavy atom. The number of aryl methyl sites for hydroxylation is 1. The van der Waals surface area contributed by atoms with Crippen LogP contribution in [0.2, 0.25) is 0 Å². The number of allylic oxidation sites excluding steroid dienone is 1. The molecular weight excluding hydrogens is 390 g/mol. The third-order valence-corrected chi connectivity index (χ3v) is 5.41. The van der Waals surface area contributed by atoms with Crippen LogP contribution in [0.25, 0.3) is 22.3 Å². The molecule has 0 aromatic heterocycles. The highest BCUT2D eigenvalue weighted by Gasteiger charge is 2.16. The van der Waals surface area contributed by atoms with E-state index in [9.17, 15) is 8.78 Å². The van der Waals surface area contributed by atoms with E-state index >= 15 is 0 Å². The molecule has 0 fully saturated rings. The summed E-state index contributed by atoms with van der Waals surface area (Å²) in [6.07, 6.45) is 8.05. The van der Waals surface area contributed by atoms with Crippen LogP contribution in [0.5, 0.6) is 5.75 Å². The highest BCUT2D eigenvalue weighted by atomic mass is 19.2. The number of ether oxygens (including phenoxy) is 1. The van der Waals surface area contributed by atoms with Crippen molar-refractivity contribution in [3.05, 3.63) is 90.5 Å². The molecule has 0 spiro atoms. The van der Waals surface area contributed by atoms with E-state index in [4.69, 9.17) is 4.74 Å². The van der Waals surface area contributed by atoms with Crippen molar-refractivity contribution in [2.75, 3.05) is 6.61 Å². The zero-order valence-electron chi connectivity index (χ0n) is 18.2. The second kappa shape index (κ2) is 11.5. The van der Waals surface area contributed by atoms with E-state index in [-0.39, 0.29) is 11.3 Å². The van der Waals surface area contributed by atoms with Crippen LogP contribution in [-0.4, -0.2) is 6.61 Å². The summed E-state index contributed by atoms with van der Waals surface area (Å²) in [5.74, 6) is -1.88. The number of unbranched alkanes of at least 4 members (excludes halogenated alkanes) is 3. The second-order valence-electron chi connectivity index (χ2n) is 7.75. The summed E-state index contributed by atoms with van der Waals surface area (Å²) in [4.78, 5) is 0. The van der Waals surface area contributed by atoms with E-state index < -0.39 is 11.6 Å². The van der Waals surface area contributed by atoms with Gasteiger partial charge in [-0.25, -0.2) is 4.39 Å². The molecule has 0 bridgehead atoms. The van der Waals surface area contributed by atoms with Crippen molar-refractivity contribution in [3.8, 4) is 28.0 Å². The summed E-state index contributed by atoms with van der Waals surface area (Å²) in [5.41, 5.74) is 4.37. The van der Waals surface area contributed by atoms with Gasteiger partial charge in [-0.1, -0.05) is 74.4 Å². The molecule has 0 N–H and O–H groups in total. The summed E-state index contributed by atoms with van der Waals surface area (Å²) in [7, 11) is 0. The Balaban J connectivity index is 1.71. The molecule has 0 aliphatic carbocycles. The molecule has 0 amide bonds. The average molecular weight is 421 g/mol. The van der Waals surface area contributed by atoms with Crippen molar-refractivity contribution in [2.24, 2.45) is 0 Å². The van der Waals surface area contributed by atoms with Crippen LogP contribution in [0.3, 0.4) is 0 Å². The Morgan fingerprint density at radius 3 is 2.06 bits per heavy atom. The van der Waals surface area contributed by atoms with Crippen molar-refractivity contribution in [1.82, 2.24) is 0 Å². The molecule has 162 valence electrons. The summed E-state index contributed by atoms with van der Waals surface area (Å²) in [6.45, 7) is 6.17. The topological polar surface area (TPSA) is 9.23 Å². The lowest BCUT2D eigenvalue weighted by atomic mass is 9.98. The number of hydrogen-bond acceptors (Lipinski definition) is 1. The monoisotopic (exact) mass is 420 g/mol. The lowest BCUT2D eigenvalue weighted by Crippen LogP contribution is -2.01. The lowest BCUT2D eigenvalue weighted by molar-refractivity contribution is 0.291. The zero-order chi connectivity index (χ0) is 22.1. The Hall–Kier alpha value is -2.94. The fourth-order valence-corrected chi connectivity index (χ4v) is 3.56. The van der Waals surface area contributed by atoms with Gasteiger partial charge in [-0.15, -0.1) is 6.58 Å². The van der Waals surface area contributed by atoms with Crippen LogP contribution in [0.15, 0.2) is 73.3 Å². The maximum absolute atomic E-state index is 14.6. The molecule has 0 saturated heterocycles. The minimum absolute atomic E-state index is 0.0547. The quantitative estimate of drug-likeness (QED) is 0.224. The standard InChI is InChI=1S/C28H30F2O/c1-3-5-7-9-21-10-12-22(13-11-21)23-14-16-24(17-15-23)25-18-19-26(28(30)27(25)29)31-20-8-6-4-2/h4,10-19H,2-3,5-9,20H2,1H3. The molecule has 31 heavy (non-hydrogen) atoms. The van der Waals surface area contributed by atoms with Gasteiger partial charge in [0.2, 0.25) is 5.82 Å². The minimum Gasteiger partial charge on any atom is -0.490 e. The van der Waals surface area contributed by atoms with Gasteiger partial charge in [0.25, 0.3) is 0 Å². The molecule has 3 rings (SSSR count). The molecule has 0 atom stereocenters. The van der Waals surface area contributed by atoms with E-state index in [0.717, 1.165) is 24.0 Å². The van der Waals surface area contributed by atoms with Crippen molar-refractivity contribution < 1.29 is 13.5 Å². The van der Waals surface area contributed by atoms with Crippen LogP contribution in [0.1, 0.15) is 44.6 Å². The van der Waals surface area contributed by atoms with Gasteiger partial charge in [-0.05, 0) is 60.1 Å². The van der Waals surface area contributed by atoms with E-state index in [0.29, 0.717) is 18.6 Å². The number of benzene rings is 3. The lowest BCUT2D eigenvalue weighted by Gasteiger charge is -2.11. The Kier molecular flexibility index (Phi) is 8.40. The second-order valence-corrected chi connectivity index (χ2v) is 7.75. The molecule has 3 aromatic carbocycles. The minimum atomic E-state index is -0.946. The Labute approximate surface area is 184 Å². The van der Waals surface area contributed by atoms with Gasteiger partial charge in [0.1, 0.15) is 0 Å². The van der Waals surface area contributed by atoms with Crippen LogP contribution >= 0.6 is 0 Å². The van der Waals surface area contributed by atoms with Crippen LogP contribution < -0.4 is 4.74 Å². The molecule has 0 aliphatic rings. The highest BCUT2D eigenvalue weighted by molar-refractivity contribution is 5.71. The number of rotatable bonds is 11. The van der Waals surface area contributed by atoms with Gasteiger partial charge in [-0.2, -0.15) is 4.39 Å². The Bertz CT molecular complexity index is 975. The van der Waals surface area contributed by atoms with E-state index in [1.54, 1.807) is 12.1 Å². The first-order valence-corrected chi connectivity index (χ1v) is 11.1. The SMILES string of the molecule is C=CCCCOc1ccc(-c2ccc(-c3ccc(CCCCC)cc3)cc2)c(F)c1F. The predicted molar refractivity (Wildman–Crippen MR) is 125 cm³/mol. The maximum atomic E-state index is 14.6. The molecular formula is C28H30F2O. The third kappa shape index (κ3) is 6.04. The smallest absolute Gasteiger partial charge is 0.201 e. The van der Waals surface area contributed by atoms with E-state index in [1.807, 2.05) is 24.3 Å². The molecule has 0 aliphatic heterocycles.